The molecule has 0 radical (unpaired) electrons. The minimum atomic E-state index is -0.246. The van der Waals surface area contributed by atoms with Crippen LogP contribution in [0.15, 0.2) is 17.4 Å². The van der Waals surface area contributed by atoms with Crippen molar-refractivity contribution in [3.05, 3.63) is 34.0 Å². The van der Waals surface area contributed by atoms with Gasteiger partial charge in [0.2, 0.25) is 6.54 Å². The molecule has 0 fully saturated rings. The first-order chi connectivity index (χ1) is 8.96. The Labute approximate surface area is 126 Å². The summed E-state index contributed by atoms with van der Waals surface area (Å²) in [6.45, 7) is 12.0. The summed E-state index contributed by atoms with van der Waals surface area (Å²) in [5.74, 6) is 0.270. The normalized spacial score (nSPS) is 13.0. The van der Waals surface area contributed by atoms with Gasteiger partial charge in [-0.05, 0) is 23.0 Å². The molecule has 21 heavy (non-hydrogen) atoms. The topological polar surface area (TPSA) is 114 Å². The van der Waals surface area contributed by atoms with Gasteiger partial charge >= 0.3 is 0 Å². The number of hydrogen-bond donors (Lipinski definition) is 3. The van der Waals surface area contributed by atoms with E-state index in [4.69, 9.17) is 5.21 Å². The molecule has 0 spiro atoms. The molecule has 0 amide bonds. The van der Waals surface area contributed by atoms with Crippen molar-refractivity contribution in [3.8, 4) is 5.75 Å². The number of phenolic OH excluding ortho intramolecular Hbond substituents is 1. The molecule has 0 aromatic heterocycles. The van der Waals surface area contributed by atoms with E-state index >= 15 is 0 Å². The highest BCUT2D eigenvalue weighted by molar-refractivity contribution is 5.49. The molecular formula is C15H27N3O3. The second-order valence-corrected chi connectivity index (χ2v) is 7.14. The van der Waals surface area contributed by atoms with Crippen LogP contribution in [-0.4, -0.2) is 15.2 Å². The van der Waals surface area contributed by atoms with Gasteiger partial charge in [0.25, 0.3) is 0 Å². The van der Waals surface area contributed by atoms with E-state index in [1.54, 1.807) is 12.1 Å². The number of nitrogens with zero attached hydrogens (tertiary/aromatic N) is 2. The van der Waals surface area contributed by atoms with E-state index in [0.29, 0.717) is 5.56 Å². The zero-order valence-corrected chi connectivity index (χ0v) is 13.8. The first-order valence-corrected chi connectivity index (χ1v) is 6.63. The summed E-state index contributed by atoms with van der Waals surface area (Å²) >= 11 is 0. The van der Waals surface area contributed by atoms with Crippen molar-refractivity contribution in [3.63, 3.8) is 0 Å². The summed E-state index contributed by atoms with van der Waals surface area (Å²) in [7, 11) is 0. The van der Waals surface area contributed by atoms with Gasteiger partial charge in [0.15, 0.2) is 5.28 Å². The molecule has 0 unspecified atom stereocenters. The number of hydrogen-bond acceptors (Lipinski definition) is 4. The summed E-state index contributed by atoms with van der Waals surface area (Å²) in [6.07, 6.45) is 0. The standard InChI is InChI=1S/C15H24N2O3.H3N/c1-14(2,3)11-7-10(9-17(20)16-19)8-12(13(11)18)15(4,5)6;/h7-8,18-19H,9H2,1-6H3;1H3. The quantitative estimate of drug-likeness (QED) is 0.435. The summed E-state index contributed by atoms with van der Waals surface area (Å²) < 4.78 is 0. The van der Waals surface area contributed by atoms with E-state index in [1.165, 1.54) is 0 Å². The van der Waals surface area contributed by atoms with Gasteiger partial charge in [0.05, 0.1) is 0 Å². The van der Waals surface area contributed by atoms with Crippen LogP contribution in [0.25, 0.3) is 0 Å². The van der Waals surface area contributed by atoms with Crippen LogP contribution >= 0.6 is 0 Å². The Morgan fingerprint density at radius 2 is 1.43 bits per heavy atom. The predicted molar refractivity (Wildman–Crippen MR) is 82.1 cm³/mol. The maximum atomic E-state index is 11.2. The molecule has 0 bridgehead atoms. The molecule has 1 aromatic rings. The van der Waals surface area contributed by atoms with Crippen LogP contribution in [0.4, 0.5) is 0 Å². The fourth-order valence-electron chi connectivity index (χ4n) is 2.12. The van der Waals surface area contributed by atoms with Crippen molar-refractivity contribution in [2.45, 2.75) is 58.9 Å². The lowest BCUT2D eigenvalue weighted by Crippen LogP contribution is -2.18. The zero-order chi connectivity index (χ0) is 15.7. The number of benzene rings is 1. The van der Waals surface area contributed by atoms with Crippen LogP contribution in [0, 0.1) is 5.21 Å². The fourth-order valence-corrected chi connectivity index (χ4v) is 2.12. The lowest BCUT2D eigenvalue weighted by atomic mass is 9.78. The molecule has 0 saturated heterocycles. The second kappa shape index (κ2) is 6.30. The second-order valence-electron chi connectivity index (χ2n) is 7.14. The van der Waals surface area contributed by atoms with Crippen molar-refractivity contribution in [1.29, 1.82) is 0 Å². The van der Waals surface area contributed by atoms with E-state index in [1.807, 2.05) is 41.5 Å². The van der Waals surface area contributed by atoms with Crippen molar-refractivity contribution < 1.29 is 15.2 Å². The van der Waals surface area contributed by atoms with E-state index in [9.17, 15) is 10.3 Å². The molecule has 6 heteroatoms. The Morgan fingerprint density at radius 3 is 1.71 bits per heavy atom. The molecule has 0 heterocycles. The van der Waals surface area contributed by atoms with Crippen LogP contribution in [-0.2, 0) is 17.4 Å². The number of rotatable bonds is 2. The Balaban J connectivity index is 0.00000400. The molecule has 0 saturated carbocycles. The Bertz CT molecular complexity index is 491. The molecule has 1 rings (SSSR count). The highest BCUT2D eigenvalue weighted by Crippen LogP contribution is 2.39. The Kier molecular flexibility index (Phi) is 5.76. The SMILES string of the molecule is CC(C)(C)c1cc(C[N+]([O-])=NO)cc(C(C)(C)C)c1O.N. The van der Waals surface area contributed by atoms with Gasteiger partial charge in [0, 0.05) is 16.7 Å². The lowest BCUT2D eigenvalue weighted by Gasteiger charge is -2.27. The largest absolute Gasteiger partial charge is 0.597 e. The highest BCUT2D eigenvalue weighted by atomic mass is 16.6. The minimum absolute atomic E-state index is 0. The monoisotopic (exact) mass is 297 g/mol. The van der Waals surface area contributed by atoms with Crippen molar-refractivity contribution in [1.82, 2.24) is 6.15 Å². The Hall–Kier alpha value is -1.82. The predicted octanol–water partition coefficient (Wildman–Crippen LogP) is 4.00. The highest BCUT2D eigenvalue weighted by Gasteiger charge is 2.27. The zero-order valence-electron chi connectivity index (χ0n) is 13.8. The molecule has 0 atom stereocenters. The third-order valence-electron chi connectivity index (χ3n) is 3.20. The first kappa shape index (κ1) is 19.2. The van der Waals surface area contributed by atoms with E-state index in [2.05, 4.69) is 5.28 Å². The minimum Gasteiger partial charge on any atom is -0.597 e. The van der Waals surface area contributed by atoms with Gasteiger partial charge in [-0.25, -0.2) is 0 Å². The van der Waals surface area contributed by atoms with Crippen molar-refractivity contribution in [2.24, 2.45) is 5.28 Å². The fraction of sp³-hybridized carbons (Fsp3) is 0.600. The number of aromatic hydroxyl groups is 1. The summed E-state index contributed by atoms with van der Waals surface area (Å²) in [5, 5.41) is 32.8. The summed E-state index contributed by atoms with van der Waals surface area (Å²) in [6, 6.07) is 3.58. The van der Waals surface area contributed by atoms with E-state index < -0.39 is 0 Å². The van der Waals surface area contributed by atoms with E-state index in [-0.39, 0.29) is 34.1 Å². The molecule has 0 aliphatic carbocycles. The van der Waals surface area contributed by atoms with Gasteiger partial charge in [0.1, 0.15) is 5.75 Å². The van der Waals surface area contributed by atoms with E-state index in [0.717, 1.165) is 11.1 Å². The van der Waals surface area contributed by atoms with Gasteiger partial charge in [-0.1, -0.05) is 46.4 Å². The molecule has 5 N–H and O–H groups in total. The van der Waals surface area contributed by atoms with Crippen molar-refractivity contribution >= 4 is 0 Å². The molecule has 6 nitrogen and oxygen atoms in total. The van der Waals surface area contributed by atoms with Crippen molar-refractivity contribution in [2.75, 3.05) is 0 Å². The molecule has 1 aromatic carbocycles. The number of hydroxylamine groups is 1. The van der Waals surface area contributed by atoms with Crippen LogP contribution in [0.3, 0.4) is 0 Å². The van der Waals surface area contributed by atoms with Crippen LogP contribution in [0.2, 0.25) is 0 Å². The number of phenols is 1. The third-order valence-corrected chi connectivity index (χ3v) is 3.20. The lowest BCUT2D eigenvalue weighted by molar-refractivity contribution is -0.570. The first-order valence-electron chi connectivity index (χ1n) is 6.63. The molecular weight excluding hydrogens is 270 g/mol. The van der Waals surface area contributed by atoms with Gasteiger partial charge < -0.3 is 21.7 Å². The van der Waals surface area contributed by atoms with Gasteiger partial charge in [-0.3, -0.25) is 0 Å². The van der Waals surface area contributed by atoms with Gasteiger partial charge in [-0.15, -0.1) is 0 Å². The molecule has 0 aliphatic heterocycles. The average molecular weight is 297 g/mol. The smallest absolute Gasteiger partial charge is 0.209 e. The average Bonchev–Trinajstić information content (AvgIpc) is 2.28. The maximum absolute atomic E-state index is 11.2. The summed E-state index contributed by atoms with van der Waals surface area (Å²) in [4.78, 5) is 0.214. The van der Waals surface area contributed by atoms with Crippen LogP contribution in [0.1, 0.15) is 58.2 Å². The third kappa shape index (κ3) is 4.60. The Morgan fingerprint density at radius 1 is 1.05 bits per heavy atom. The molecule has 120 valence electrons. The molecule has 0 aliphatic rings. The summed E-state index contributed by atoms with van der Waals surface area (Å²) in [5.41, 5.74) is 1.79. The van der Waals surface area contributed by atoms with Crippen LogP contribution in [0.5, 0.6) is 5.75 Å². The van der Waals surface area contributed by atoms with Crippen LogP contribution < -0.4 is 6.15 Å². The van der Waals surface area contributed by atoms with Gasteiger partial charge in [-0.2, -0.15) is 0 Å². The maximum Gasteiger partial charge on any atom is 0.209 e.